The first-order valence-electron chi connectivity index (χ1n) is 5.20. The summed E-state index contributed by atoms with van der Waals surface area (Å²) in [6.45, 7) is 2.17. The van der Waals surface area contributed by atoms with Gasteiger partial charge in [-0.15, -0.1) is 0 Å². The van der Waals surface area contributed by atoms with E-state index in [9.17, 15) is 10.2 Å². The van der Waals surface area contributed by atoms with Gasteiger partial charge in [0.1, 0.15) is 0 Å². The van der Waals surface area contributed by atoms with Crippen LogP contribution >= 0.6 is 0 Å². The summed E-state index contributed by atoms with van der Waals surface area (Å²) in [5, 5.41) is 19.9. The molecule has 0 unspecified atom stereocenters. The molecule has 4 rings (SSSR count). The Bertz CT molecular complexity index is 294. The average Bonchev–Trinajstić information content (AvgIpc) is 2.07. The average molecular weight is 180 g/mol. The molecule has 0 radical (unpaired) electrons. The molecular weight excluding hydrogens is 164 g/mol. The lowest BCUT2D eigenvalue weighted by atomic mass is 9.52. The molecule has 72 valence electrons. The molecule has 0 aliphatic heterocycles. The van der Waals surface area contributed by atoms with Crippen LogP contribution in [0.2, 0.25) is 0 Å². The molecule has 0 aromatic heterocycles. The first-order chi connectivity index (χ1) is 6.10. The van der Waals surface area contributed by atoms with Crippen molar-refractivity contribution in [3.05, 3.63) is 11.3 Å². The van der Waals surface area contributed by atoms with Gasteiger partial charge < -0.3 is 10.2 Å². The summed E-state index contributed by atoms with van der Waals surface area (Å²) in [4.78, 5) is 0. The fraction of sp³-hybridized carbons (Fsp3) is 0.818. The monoisotopic (exact) mass is 180 g/mol. The lowest BCUT2D eigenvalue weighted by molar-refractivity contribution is -0.0554. The molecule has 0 amide bonds. The number of aliphatic hydroxyl groups is 2. The molecule has 0 spiro atoms. The highest BCUT2D eigenvalue weighted by molar-refractivity contribution is 5.29. The SMILES string of the molecule is C[C@@]12C[C@@H]3CC(=C(O)[C@@H](C3)C1)[C@@H]2O. The molecule has 0 aromatic carbocycles. The van der Waals surface area contributed by atoms with E-state index >= 15 is 0 Å². The van der Waals surface area contributed by atoms with Gasteiger partial charge in [-0.1, -0.05) is 6.92 Å². The van der Waals surface area contributed by atoms with E-state index in [1.807, 2.05) is 0 Å². The highest BCUT2D eigenvalue weighted by Crippen LogP contribution is 2.58. The largest absolute Gasteiger partial charge is 0.512 e. The highest BCUT2D eigenvalue weighted by Gasteiger charge is 2.53. The Morgan fingerprint density at radius 3 is 2.92 bits per heavy atom. The molecule has 2 nitrogen and oxygen atoms in total. The highest BCUT2D eigenvalue weighted by atomic mass is 16.3. The van der Waals surface area contributed by atoms with Crippen LogP contribution in [0.25, 0.3) is 0 Å². The van der Waals surface area contributed by atoms with E-state index < -0.39 is 0 Å². The Balaban J connectivity index is 2.13. The lowest BCUT2D eigenvalue weighted by Gasteiger charge is -2.54. The van der Waals surface area contributed by atoms with Crippen molar-refractivity contribution in [1.82, 2.24) is 0 Å². The second-order valence-electron chi connectivity index (χ2n) is 5.38. The van der Waals surface area contributed by atoms with Gasteiger partial charge in [0.05, 0.1) is 11.9 Å². The van der Waals surface area contributed by atoms with Crippen molar-refractivity contribution < 1.29 is 10.2 Å². The third kappa shape index (κ3) is 0.824. The normalized spacial score (nSPS) is 53.2. The number of aliphatic hydroxyl groups excluding tert-OH is 2. The Labute approximate surface area is 78.3 Å². The summed E-state index contributed by atoms with van der Waals surface area (Å²) in [6.07, 6.45) is 3.87. The summed E-state index contributed by atoms with van der Waals surface area (Å²) in [5.74, 6) is 1.63. The van der Waals surface area contributed by atoms with Gasteiger partial charge >= 0.3 is 0 Å². The van der Waals surface area contributed by atoms with Gasteiger partial charge in [-0.2, -0.15) is 0 Å². The van der Waals surface area contributed by atoms with Gasteiger partial charge in [-0.05, 0) is 42.6 Å². The van der Waals surface area contributed by atoms with Crippen LogP contribution in [0.1, 0.15) is 32.6 Å². The number of hydrogen-bond donors (Lipinski definition) is 2. The minimum Gasteiger partial charge on any atom is -0.512 e. The second-order valence-corrected chi connectivity index (χ2v) is 5.38. The van der Waals surface area contributed by atoms with Crippen LogP contribution in [0.15, 0.2) is 11.3 Å². The molecule has 0 aromatic rings. The smallest absolute Gasteiger partial charge is 0.0971 e. The minimum atomic E-state index is -0.361. The van der Waals surface area contributed by atoms with Crippen LogP contribution in [0.4, 0.5) is 0 Å². The molecule has 2 heteroatoms. The van der Waals surface area contributed by atoms with Crippen LogP contribution in [-0.2, 0) is 0 Å². The molecule has 2 N–H and O–H groups in total. The fourth-order valence-corrected chi connectivity index (χ4v) is 3.81. The van der Waals surface area contributed by atoms with Crippen molar-refractivity contribution in [1.29, 1.82) is 0 Å². The lowest BCUT2D eigenvalue weighted by Crippen LogP contribution is -2.50. The topological polar surface area (TPSA) is 40.5 Å². The standard InChI is InChI=1S/C11H16O2/c1-11-4-6-2-7(5-11)9(12)8(3-6)10(11)13/h6-7,10,12-13H,2-5H2,1H3/t6-,7-,10-,11+/m0/s1. The van der Waals surface area contributed by atoms with Gasteiger partial charge in [0.15, 0.2) is 0 Å². The maximum Gasteiger partial charge on any atom is 0.0971 e. The number of allylic oxidation sites excluding steroid dienone is 1. The molecule has 4 atom stereocenters. The Kier molecular flexibility index (Phi) is 1.28. The maximum absolute atomic E-state index is 10.0. The zero-order chi connectivity index (χ0) is 9.22. The van der Waals surface area contributed by atoms with Crippen LogP contribution in [0.3, 0.4) is 0 Å². The maximum atomic E-state index is 10.0. The predicted molar refractivity (Wildman–Crippen MR) is 49.2 cm³/mol. The minimum absolute atomic E-state index is 0.0768. The van der Waals surface area contributed by atoms with E-state index in [2.05, 4.69) is 6.92 Å². The van der Waals surface area contributed by atoms with E-state index in [0.29, 0.717) is 11.7 Å². The van der Waals surface area contributed by atoms with Crippen molar-refractivity contribution in [3.63, 3.8) is 0 Å². The van der Waals surface area contributed by atoms with E-state index in [0.717, 1.165) is 37.2 Å². The van der Waals surface area contributed by atoms with Crippen LogP contribution < -0.4 is 0 Å². The molecule has 4 aliphatic rings. The first kappa shape index (κ1) is 7.86. The molecule has 4 bridgehead atoms. The van der Waals surface area contributed by atoms with Crippen molar-refractivity contribution in [2.45, 2.75) is 38.7 Å². The summed E-state index contributed by atoms with van der Waals surface area (Å²) in [7, 11) is 0. The van der Waals surface area contributed by atoms with Crippen LogP contribution in [0.5, 0.6) is 0 Å². The summed E-state index contributed by atoms with van der Waals surface area (Å²) in [6, 6.07) is 0. The van der Waals surface area contributed by atoms with Crippen LogP contribution in [0, 0.1) is 17.3 Å². The summed E-state index contributed by atoms with van der Waals surface area (Å²) in [5.41, 5.74) is 1.04. The van der Waals surface area contributed by atoms with Gasteiger partial charge in [0.2, 0.25) is 0 Å². The fourth-order valence-electron chi connectivity index (χ4n) is 3.81. The molecule has 2 fully saturated rings. The van der Waals surface area contributed by atoms with E-state index in [1.54, 1.807) is 0 Å². The molecule has 13 heavy (non-hydrogen) atoms. The molecular formula is C11H16O2. The van der Waals surface area contributed by atoms with Gasteiger partial charge in [0, 0.05) is 5.92 Å². The van der Waals surface area contributed by atoms with Gasteiger partial charge in [-0.25, -0.2) is 0 Å². The number of hydrogen-bond acceptors (Lipinski definition) is 2. The Morgan fingerprint density at radius 2 is 2.15 bits per heavy atom. The molecule has 2 saturated carbocycles. The first-order valence-corrected chi connectivity index (χ1v) is 5.20. The van der Waals surface area contributed by atoms with E-state index in [4.69, 9.17) is 0 Å². The molecule has 0 heterocycles. The molecule has 0 saturated heterocycles. The summed E-state index contributed by atoms with van der Waals surface area (Å²) < 4.78 is 0. The second kappa shape index (κ2) is 2.11. The zero-order valence-electron chi connectivity index (χ0n) is 7.95. The zero-order valence-corrected chi connectivity index (χ0v) is 7.95. The number of rotatable bonds is 0. The summed E-state index contributed by atoms with van der Waals surface area (Å²) >= 11 is 0. The Morgan fingerprint density at radius 1 is 1.38 bits per heavy atom. The van der Waals surface area contributed by atoms with Crippen molar-refractivity contribution in [2.75, 3.05) is 0 Å². The van der Waals surface area contributed by atoms with Crippen molar-refractivity contribution in [2.24, 2.45) is 17.3 Å². The predicted octanol–water partition coefficient (Wildman–Crippen LogP) is 2.00. The van der Waals surface area contributed by atoms with Crippen LogP contribution in [-0.4, -0.2) is 16.3 Å². The van der Waals surface area contributed by atoms with Crippen molar-refractivity contribution in [3.8, 4) is 0 Å². The van der Waals surface area contributed by atoms with Gasteiger partial charge in [0.25, 0.3) is 0 Å². The van der Waals surface area contributed by atoms with E-state index in [-0.39, 0.29) is 11.5 Å². The quantitative estimate of drug-likeness (QED) is 0.598. The molecule has 4 aliphatic carbocycles. The van der Waals surface area contributed by atoms with E-state index in [1.165, 1.54) is 0 Å². The van der Waals surface area contributed by atoms with Gasteiger partial charge in [-0.3, -0.25) is 0 Å². The third-order valence-corrected chi connectivity index (χ3v) is 4.30. The Hall–Kier alpha value is -0.500. The van der Waals surface area contributed by atoms with Crippen molar-refractivity contribution >= 4 is 0 Å². The third-order valence-electron chi connectivity index (χ3n) is 4.30.